The topological polar surface area (TPSA) is 67.9 Å². The van der Waals surface area contributed by atoms with Crippen molar-refractivity contribution in [3.63, 3.8) is 0 Å². The van der Waals surface area contributed by atoms with Gasteiger partial charge in [-0.3, -0.25) is 9.59 Å². The number of amides is 2. The van der Waals surface area contributed by atoms with Gasteiger partial charge in [-0.15, -0.1) is 0 Å². The molecule has 0 bridgehead atoms. The van der Waals surface area contributed by atoms with Crippen LogP contribution in [0.2, 0.25) is 0 Å². The van der Waals surface area contributed by atoms with Gasteiger partial charge in [-0.25, -0.2) is 0 Å². The van der Waals surface area contributed by atoms with Crippen LogP contribution in [0.3, 0.4) is 0 Å². The summed E-state index contributed by atoms with van der Waals surface area (Å²) in [5.41, 5.74) is 1.82. The highest BCUT2D eigenvalue weighted by Crippen LogP contribution is 2.23. The number of nitrogens with one attached hydrogen (secondary N) is 1. The Bertz CT molecular complexity index is 774. The van der Waals surface area contributed by atoms with Crippen LogP contribution in [0, 0.1) is 0 Å². The number of carbonyl (C=O) groups excluding carboxylic acids is 2. The smallest absolute Gasteiger partial charge is 0.258 e. The number of nitrogens with zero attached hydrogens (tertiary/aromatic N) is 1. The van der Waals surface area contributed by atoms with Gasteiger partial charge in [-0.1, -0.05) is 12.1 Å². The molecule has 136 valence electrons. The lowest BCUT2D eigenvalue weighted by Crippen LogP contribution is -2.28. The second-order valence-electron chi connectivity index (χ2n) is 6.06. The first-order valence-electron chi connectivity index (χ1n) is 8.58. The van der Waals surface area contributed by atoms with Gasteiger partial charge in [0.05, 0.1) is 7.11 Å². The standard InChI is InChI=1S/C20H22N2O4/c1-25-18-5-2-4-15(12-18)13-21-19(23)14-26-17-9-7-16(8-10-17)22-11-3-6-20(22)24/h2,4-5,7-10,12H,3,6,11,13-14H2,1H3,(H,21,23). The fourth-order valence-corrected chi connectivity index (χ4v) is 2.83. The zero-order valence-electron chi connectivity index (χ0n) is 14.7. The summed E-state index contributed by atoms with van der Waals surface area (Å²) < 4.78 is 10.7. The molecule has 0 radical (unpaired) electrons. The molecule has 0 aromatic heterocycles. The lowest BCUT2D eigenvalue weighted by Gasteiger charge is -2.16. The molecule has 1 aliphatic heterocycles. The molecule has 0 aliphatic carbocycles. The van der Waals surface area contributed by atoms with Crippen LogP contribution in [0.4, 0.5) is 5.69 Å². The zero-order chi connectivity index (χ0) is 18.4. The van der Waals surface area contributed by atoms with Crippen molar-refractivity contribution in [1.82, 2.24) is 5.32 Å². The van der Waals surface area contributed by atoms with Crippen molar-refractivity contribution in [3.8, 4) is 11.5 Å². The Kier molecular flexibility index (Phi) is 5.73. The molecular weight excluding hydrogens is 332 g/mol. The van der Waals surface area contributed by atoms with Gasteiger partial charge >= 0.3 is 0 Å². The number of hydrogen-bond acceptors (Lipinski definition) is 4. The largest absolute Gasteiger partial charge is 0.497 e. The van der Waals surface area contributed by atoms with Crippen LogP contribution in [0.15, 0.2) is 48.5 Å². The predicted octanol–water partition coefficient (Wildman–Crippen LogP) is 2.52. The molecule has 2 aromatic carbocycles. The second-order valence-corrected chi connectivity index (χ2v) is 6.06. The predicted molar refractivity (Wildman–Crippen MR) is 98.4 cm³/mol. The number of hydrogen-bond donors (Lipinski definition) is 1. The van der Waals surface area contributed by atoms with E-state index in [1.165, 1.54) is 0 Å². The summed E-state index contributed by atoms with van der Waals surface area (Å²) in [6.07, 6.45) is 1.50. The van der Waals surface area contributed by atoms with E-state index < -0.39 is 0 Å². The fraction of sp³-hybridized carbons (Fsp3) is 0.300. The van der Waals surface area contributed by atoms with Gasteiger partial charge in [0, 0.05) is 25.2 Å². The van der Waals surface area contributed by atoms with Gasteiger partial charge in [-0.2, -0.15) is 0 Å². The minimum absolute atomic E-state index is 0.0635. The van der Waals surface area contributed by atoms with Gasteiger partial charge in [0.1, 0.15) is 11.5 Å². The summed E-state index contributed by atoms with van der Waals surface area (Å²) in [5, 5.41) is 2.81. The SMILES string of the molecule is COc1cccc(CNC(=O)COc2ccc(N3CCCC3=O)cc2)c1. The summed E-state index contributed by atoms with van der Waals surface area (Å²) in [5.74, 6) is 1.30. The highest BCUT2D eigenvalue weighted by atomic mass is 16.5. The number of methoxy groups -OCH3 is 1. The monoisotopic (exact) mass is 354 g/mol. The molecule has 1 aliphatic rings. The molecule has 26 heavy (non-hydrogen) atoms. The van der Waals surface area contributed by atoms with E-state index in [1.807, 2.05) is 36.4 Å². The summed E-state index contributed by atoms with van der Waals surface area (Å²) >= 11 is 0. The van der Waals surface area contributed by atoms with Gasteiger partial charge < -0.3 is 19.7 Å². The highest BCUT2D eigenvalue weighted by molar-refractivity contribution is 5.95. The van der Waals surface area contributed by atoms with E-state index in [4.69, 9.17) is 9.47 Å². The third-order valence-electron chi connectivity index (χ3n) is 4.22. The molecule has 1 saturated heterocycles. The maximum absolute atomic E-state index is 11.9. The van der Waals surface area contributed by atoms with Gasteiger partial charge in [0.25, 0.3) is 5.91 Å². The van der Waals surface area contributed by atoms with E-state index in [1.54, 1.807) is 24.1 Å². The molecule has 0 unspecified atom stereocenters. The maximum atomic E-state index is 11.9. The fourth-order valence-electron chi connectivity index (χ4n) is 2.83. The first-order chi connectivity index (χ1) is 12.7. The average Bonchev–Trinajstić information content (AvgIpc) is 3.11. The van der Waals surface area contributed by atoms with Gasteiger partial charge in [-0.05, 0) is 48.4 Å². The van der Waals surface area contributed by atoms with Crippen molar-refractivity contribution in [1.29, 1.82) is 0 Å². The summed E-state index contributed by atoms with van der Waals surface area (Å²) in [4.78, 5) is 25.4. The van der Waals surface area contributed by atoms with Crippen LogP contribution < -0.4 is 19.7 Å². The number of ether oxygens (including phenoxy) is 2. The van der Waals surface area contributed by atoms with E-state index in [0.29, 0.717) is 18.7 Å². The molecule has 3 rings (SSSR count). The molecular formula is C20H22N2O4. The molecule has 2 amide bonds. The number of benzene rings is 2. The number of rotatable bonds is 7. The molecule has 0 spiro atoms. The minimum Gasteiger partial charge on any atom is -0.497 e. The Hall–Kier alpha value is -3.02. The molecule has 6 nitrogen and oxygen atoms in total. The summed E-state index contributed by atoms with van der Waals surface area (Å²) in [6, 6.07) is 14.8. The van der Waals surface area contributed by atoms with Crippen molar-refractivity contribution < 1.29 is 19.1 Å². The first kappa shape index (κ1) is 17.8. The van der Waals surface area contributed by atoms with Crippen LogP contribution in [-0.4, -0.2) is 32.1 Å². The molecule has 1 N–H and O–H groups in total. The quantitative estimate of drug-likeness (QED) is 0.830. The molecule has 2 aromatic rings. The molecule has 1 heterocycles. The third-order valence-corrected chi connectivity index (χ3v) is 4.22. The normalized spacial score (nSPS) is 13.6. The molecule has 0 atom stereocenters. The van der Waals surface area contributed by atoms with Crippen molar-refractivity contribution in [2.24, 2.45) is 0 Å². The van der Waals surface area contributed by atoms with Crippen LogP contribution in [-0.2, 0) is 16.1 Å². The third kappa shape index (κ3) is 4.53. The van der Waals surface area contributed by atoms with Crippen LogP contribution >= 0.6 is 0 Å². The summed E-state index contributed by atoms with van der Waals surface area (Å²) in [7, 11) is 1.61. The van der Waals surface area contributed by atoms with E-state index in [-0.39, 0.29) is 18.4 Å². The van der Waals surface area contributed by atoms with Crippen molar-refractivity contribution in [2.75, 3.05) is 25.2 Å². The number of anilines is 1. The van der Waals surface area contributed by atoms with Gasteiger partial charge in [0.15, 0.2) is 6.61 Å². The zero-order valence-corrected chi connectivity index (χ0v) is 14.7. The summed E-state index contributed by atoms with van der Waals surface area (Å²) in [6.45, 7) is 1.10. The van der Waals surface area contributed by atoms with Crippen LogP contribution in [0.1, 0.15) is 18.4 Å². The highest BCUT2D eigenvalue weighted by Gasteiger charge is 2.21. The lowest BCUT2D eigenvalue weighted by atomic mass is 10.2. The second kappa shape index (κ2) is 8.38. The Morgan fingerprint density at radius 2 is 1.96 bits per heavy atom. The molecule has 6 heteroatoms. The van der Waals surface area contributed by atoms with E-state index in [0.717, 1.165) is 30.0 Å². The van der Waals surface area contributed by atoms with Crippen molar-refractivity contribution >= 4 is 17.5 Å². The van der Waals surface area contributed by atoms with Crippen molar-refractivity contribution in [3.05, 3.63) is 54.1 Å². The molecule has 1 fully saturated rings. The van der Waals surface area contributed by atoms with E-state index in [2.05, 4.69) is 5.32 Å². The maximum Gasteiger partial charge on any atom is 0.258 e. The van der Waals surface area contributed by atoms with Crippen molar-refractivity contribution in [2.45, 2.75) is 19.4 Å². The van der Waals surface area contributed by atoms with Crippen LogP contribution in [0.25, 0.3) is 0 Å². The van der Waals surface area contributed by atoms with E-state index in [9.17, 15) is 9.59 Å². The first-order valence-corrected chi connectivity index (χ1v) is 8.58. The Morgan fingerprint density at radius 1 is 1.15 bits per heavy atom. The van der Waals surface area contributed by atoms with Crippen LogP contribution in [0.5, 0.6) is 11.5 Å². The van der Waals surface area contributed by atoms with E-state index >= 15 is 0 Å². The molecule has 0 saturated carbocycles. The minimum atomic E-state index is -0.202. The van der Waals surface area contributed by atoms with Gasteiger partial charge in [0.2, 0.25) is 5.91 Å². The average molecular weight is 354 g/mol. The Balaban J connectivity index is 1.46. The number of carbonyl (C=O) groups is 2. The Labute approximate surface area is 152 Å². The Morgan fingerprint density at radius 3 is 2.65 bits per heavy atom. The lowest BCUT2D eigenvalue weighted by molar-refractivity contribution is -0.123.